The molecule has 1 aromatic carbocycles. The normalized spacial score (nSPS) is 14.3. The number of aryl methyl sites for hydroxylation is 1. The molecule has 0 aliphatic carbocycles. The van der Waals surface area contributed by atoms with Crippen molar-refractivity contribution in [3.63, 3.8) is 0 Å². The van der Waals surface area contributed by atoms with Crippen LogP contribution in [0.25, 0.3) is 0 Å². The number of thiophene rings is 1. The number of hydrogen-bond donors (Lipinski definition) is 0. The predicted octanol–water partition coefficient (Wildman–Crippen LogP) is 4.59. The van der Waals surface area contributed by atoms with E-state index in [2.05, 4.69) is 18.7 Å². The van der Waals surface area contributed by atoms with E-state index in [1.807, 2.05) is 41.3 Å². The molecule has 0 bridgehead atoms. The number of hydrogen-bond acceptors (Lipinski definition) is 5. The number of fused-ring (bicyclic) bond motifs is 1. The highest BCUT2D eigenvalue weighted by molar-refractivity contribution is 7.16. The smallest absolute Gasteiger partial charge is 0.260 e. The molecule has 1 aliphatic rings. The zero-order valence-corrected chi connectivity index (χ0v) is 16.5. The minimum Gasteiger partial charge on any atom is -0.497 e. The van der Waals surface area contributed by atoms with E-state index in [0.29, 0.717) is 18.8 Å². The summed E-state index contributed by atoms with van der Waals surface area (Å²) >= 11 is 1.70. The van der Waals surface area contributed by atoms with Crippen LogP contribution < -0.4 is 9.64 Å². The molecule has 27 heavy (non-hydrogen) atoms. The summed E-state index contributed by atoms with van der Waals surface area (Å²) in [4.78, 5) is 18.7. The van der Waals surface area contributed by atoms with Crippen LogP contribution in [0, 0.1) is 13.8 Å². The highest BCUT2D eigenvalue weighted by Crippen LogP contribution is 2.40. The number of carbonyl (C=O) groups is 1. The number of furan rings is 1. The Morgan fingerprint density at radius 2 is 2.00 bits per heavy atom. The van der Waals surface area contributed by atoms with Gasteiger partial charge in [0.05, 0.1) is 26.6 Å². The van der Waals surface area contributed by atoms with Gasteiger partial charge in [0.2, 0.25) is 0 Å². The van der Waals surface area contributed by atoms with E-state index in [1.54, 1.807) is 24.7 Å². The van der Waals surface area contributed by atoms with Gasteiger partial charge in [-0.2, -0.15) is 0 Å². The molecule has 0 spiro atoms. The van der Waals surface area contributed by atoms with Crippen LogP contribution in [0.15, 0.2) is 47.1 Å². The van der Waals surface area contributed by atoms with Gasteiger partial charge in [-0.3, -0.25) is 14.6 Å². The Labute approximate surface area is 162 Å². The van der Waals surface area contributed by atoms with Crippen molar-refractivity contribution in [2.75, 3.05) is 18.7 Å². The lowest BCUT2D eigenvalue weighted by atomic mass is 10.1. The van der Waals surface area contributed by atoms with Crippen LogP contribution in [0.1, 0.15) is 32.1 Å². The first-order valence-corrected chi connectivity index (χ1v) is 9.68. The number of ether oxygens (including phenoxy) is 1. The molecule has 0 N–H and O–H groups in total. The first-order chi connectivity index (χ1) is 13.1. The summed E-state index contributed by atoms with van der Waals surface area (Å²) in [5.74, 6) is 1.65. The Hall–Kier alpha value is -2.57. The molecule has 0 radical (unpaired) electrons. The molecule has 3 aromatic rings. The summed E-state index contributed by atoms with van der Waals surface area (Å²) in [6, 6.07) is 11.1. The second-order valence-electron chi connectivity index (χ2n) is 6.74. The molecule has 6 heteroatoms. The van der Waals surface area contributed by atoms with Gasteiger partial charge in [-0.25, -0.2) is 0 Å². The lowest BCUT2D eigenvalue weighted by Crippen LogP contribution is -2.44. The van der Waals surface area contributed by atoms with Crippen LogP contribution in [-0.2, 0) is 13.1 Å². The maximum atomic E-state index is 13.3. The molecule has 1 aliphatic heterocycles. The Morgan fingerprint density at radius 1 is 1.22 bits per heavy atom. The number of benzene rings is 1. The maximum absolute atomic E-state index is 13.3. The van der Waals surface area contributed by atoms with Gasteiger partial charge in [-0.05, 0) is 55.8 Å². The van der Waals surface area contributed by atoms with Crippen molar-refractivity contribution in [2.45, 2.75) is 26.9 Å². The van der Waals surface area contributed by atoms with Gasteiger partial charge >= 0.3 is 0 Å². The Bertz CT molecular complexity index is 945. The molecule has 5 nitrogen and oxygen atoms in total. The number of amides is 1. The number of anilines is 1. The lowest BCUT2D eigenvalue weighted by Gasteiger charge is -2.35. The van der Waals surface area contributed by atoms with Gasteiger partial charge in [0.25, 0.3) is 5.91 Å². The van der Waals surface area contributed by atoms with Crippen molar-refractivity contribution < 1.29 is 13.9 Å². The standard InChI is InChI=1S/C21H22N2O3S/c1-14-15(2)27-21-19(14)12-22(11-18-5-4-10-26-18)13-23(21)20(24)16-6-8-17(25-3)9-7-16/h4-10H,11-13H2,1-3H3. The third-order valence-corrected chi connectivity index (χ3v) is 6.27. The third-order valence-electron chi connectivity index (χ3n) is 5.00. The summed E-state index contributed by atoms with van der Waals surface area (Å²) < 4.78 is 10.7. The van der Waals surface area contributed by atoms with E-state index in [1.165, 1.54) is 16.0 Å². The van der Waals surface area contributed by atoms with E-state index in [0.717, 1.165) is 23.1 Å². The monoisotopic (exact) mass is 382 g/mol. The number of rotatable bonds is 4. The fraction of sp³-hybridized carbons (Fsp3) is 0.286. The van der Waals surface area contributed by atoms with Crippen molar-refractivity contribution in [3.05, 3.63) is 70.0 Å². The average molecular weight is 382 g/mol. The zero-order valence-electron chi connectivity index (χ0n) is 15.7. The van der Waals surface area contributed by atoms with Crippen LogP contribution in [0.3, 0.4) is 0 Å². The Kier molecular flexibility index (Phi) is 4.76. The van der Waals surface area contributed by atoms with E-state index >= 15 is 0 Å². The molecule has 3 heterocycles. The fourth-order valence-electron chi connectivity index (χ4n) is 3.37. The SMILES string of the molecule is COc1ccc(C(=O)N2CN(Cc3ccco3)Cc3c2sc(C)c3C)cc1. The maximum Gasteiger partial charge on any atom is 0.260 e. The average Bonchev–Trinajstić information content (AvgIpc) is 3.30. The van der Waals surface area contributed by atoms with E-state index in [4.69, 9.17) is 9.15 Å². The van der Waals surface area contributed by atoms with Crippen molar-refractivity contribution in [1.82, 2.24) is 4.90 Å². The van der Waals surface area contributed by atoms with Gasteiger partial charge < -0.3 is 9.15 Å². The highest BCUT2D eigenvalue weighted by Gasteiger charge is 2.31. The van der Waals surface area contributed by atoms with Gasteiger partial charge in [0, 0.05) is 22.5 Å². The topological polar surface area (TPSA) is 45.9 Å². The summed E-state index contributed by atoms with van der Waals surface area (Å²) in [7, 11) is 1.62. The first kappa shape index (κ1) is 17.8. The second kappa shape index (κ2) is 7.21. The molecular weight excluding hydrogens is 360 g/mol. The molecule has 0 fully saturated rings. The van der Waals surface area contributed by atoms with Gasteiger partial charge in [-0.15, -0.1) is 11.3 Å². The Balaban J connectivity index is 1.66. The fourth-order valence-corrected chi connectivity index (χ4v) is 4.53. The van der Waals surface area contributed by atoms with Gasteiger partial charge in [0.15, 0.2) is 0 Å². The summed E-state index contributed by atoms with van der Waals surface area (Å²) in [6.07, 6.45) is 1.69. The van der Waals surface area contributed by atoms with E-state index in [-0.39, 0.29) is 5.91 Å². The number of carbonyl (C=O) groups excluding carboxylic acids is 1. The molecule has 0 saturated heterocycles. The molecular formula is C21H22N2O3S. The van der Waals surface area contributed by atoms with Crippen LogP contribution >= 0.6 is 11.3 Å². The quantitative estimate of drug-likeness (QED) is 0.662. The summed E-state index contributed by atoms with van der Waals surface area (Å²) in [5.41, 5.74) is 3.16. The highest BCUT2D eigenvalue weighted by atomic mass is 32.1. The molecule has 4 rings (SSSR count). The summed E-state index contributed by atoms with van der Waals surface area (Å²) in [5, 5.41) is 1.06. The van der Waals surface area contributed by atoms with Crippen molar-refractivity contribution >= 4 is 22.2 Å². The minimum absolute atomic E-state index is 0.00398. The third kappa shape index (κ3) is 3.38. The largest absolute Gasteiger partial charge is 0.497 e. The molecule has 1 amide bonds. The van der Waals surface area contributed by atoms with Crippen molar-refractivity contribution in [3.8, 4) is 5.75 Å². The van der Waals surface area contributed by atoms with Crippen LogP contribution in [0.4, 0.5) is 5.00 Å². The molecule has 2 aromatic heterocycles. The van der Waals surface area contributed by atoms with Crippen molar-refractivity contribution in [1.29, 1.82) is 0 Å². The Morgan fingerprint density at radius 3 is 2.67 bits per heavy atom. The van der Waals surface area contributed by atoms with Crippen molar-refractivity contribution in [2.24, 2.45) is 0 Å². The van der Waals surface area contributed by atoms with Crippen LogP contribution in [-0.4, -0.2) is 24.6 Å². The van der Waals surface area contributed by atoms with E-state index in [9.17, 15) is 4.79 Å². The molecule has 140 valence electrons. The molecule has 0 atom stereocenters. The minimum atomic E-state index is 0.00398. The van der Waals surface area contributed by atoms with Crippen LogP contribution in [0.5, 0.6) is 5.75 Å². The molecule has 0 unspecified atom stereocenters. The van der Waals surface area contributed by atoms with Gasteiger partial charge in [0.1, 0.15) is 16.5 Å². The van der Waals surface area contributed by atoms with E-state index < -0.39 is 0 Å². The lowest BCUT2D eigenvalue weighted by molar-refractivity contribution is 0.0954. The number of methoxy groups -OCH3 is 1. The summed E-state index contributed by atoms with van der Waals surface area (Å²) in [6.45, 7) is 6.28. The van der Waals surface area contributed by atoms with Crippen LogP contribution in [0.2, 0.25) is 0 Å². The van der Waals surface area contributed by atoms with Gasteiger partial charge in [-0.1, -0.05) is 0 Å². The second-order valence-corrected chi connectivity index (χ2v) is 7.94. The predicted molar refractivity (Wildman–Crippen MR) is 106 cm³/mol. The first-order valence-electron chi connectivity index (χ1n) is 8.86. The number of nitrogens with zero attached hydrogens (tertiary/aromatic N) is 2. The molecule has 0 saturated carbocycles. The zero-order chi connectivity index (χ0) is 19.0.